The van der Waals surface area contributed by atoms with Crippen LogP contribution in [-0.4, -0.2) is 31.9 Å². The van der Waals surface area contributed by atoms with Crippen molar-refractivity contribution >= 4 is 16.9 Å². The van der Waals surface area contributed by atoms with Crippen molar-refractivity contribution in [1.82, 2.24) is 19.4 Å². The SMILES string of the molecule is O=C(Cn1c(C2CC2)nc2ccccc21)N1CCC[C@H]1c1ccncc1. The third kappa shape index (κ3) is 2.68. The lowest BCUT2D eigenvalue weighted by Crippen LogP contribution is -2.33. The van der Waals surface area contributed by atoms with E-state index in [1.54, 1.807) is 0 Å². The first-order chi connectivity index (χ1) is 12.8. The van der Waals surface area contributed by atoms with Crippen LogP contribution in [0.2, 0.25) is 0 Å². The fourth-order valence-electron chi connectivity index (χ4n) is 4.14. The van der Waals surface area contributed by atoms with E-state index in [4.69, 9.17) is 4.98 Å². The van der Waals surface area contributed by atoms with Gasteiger partial charge in [0, 0.05) is 24.9 Å². The fourth-order valence-corrected chi connectivity index (χ4v) is 4.14. The van der Waals surface area contributed by atoms with E-state index >= 15 is 0 Å². The van der Waals surface area contributed by atoms with E-state index in [2.05, 4.69) is 15.6 Å². The van der Waals surface area contributed by atoms with Gasteiger partial charge >= 0.3 is 0 Å². The molecule has 0 unspecified atom stereocenters. The van der Waals surface area contributed by atoms with E-state index in [1.807, 2.05) is 47.6 Å². The van der Waals surface area contributed by atoms with Crippen molar-refractivity contribution in [3.05, 3.63) is 60.2 Å². The Balaban J connectivity index is 1.45. The topological polar surface area (TPSA) is 51.0 Å². The number of para-hydroxylation sites is 2. The van der Waals surface area contributed by atoms with E-state index < -0.39 is 0 Å². The Kier molecular flexibility index (Phi) is 3.73. The maximum absolute atomic E-state index is 13.2. The number of hydrogen-bond acceptors (Lipinski definition) is 3. The molecule has 3 heterocycles. The molecule has 1 aromatic carbocycles. The molecule has 2 aromatic heterocycles. The zero-order chi connectivity index (χ0) is 17.5. The maximum atomic E-state index is 13.2. The number of nitrogens with zero attached hydrogens (tertiary/aromatic N) is 4. The molecule has 1 atom stereocenters. The summed E-state index contributed by atoms with van der Waals surface area (Å²) in [4.78, 5) is 24.2. The second kappa shape index (κ2) is 6.24. The monoisotopic (exact) mass is 346 g/mol. The standard InChI is InChI=1S/C21H22N4O/c26-20(24-13-3-6-18(24)15-9-11-22-12-10-15)14-25-19-5-2-1-4-17(19)23-21(25)16-7-8-16/h1-2,4-5,9-12,16,18H,3,6-8,13-14H2/t18-/m0/s1. The molecule has 1 amide bonds. The molecule has 5 heteroatoms. The third-order valence-electron chi connectivity index (χ3n) is 5.58. The van der Waals surface area contributed by atoms with Crippen LogP contribution in [0.1, 0.15) is 49.0 Å². The molecular formula is C21H22N4O. The van der Waals surface area contributed by atoms with Gasteiger partial charge in [0.25, 0.3) is 0 Å². The van der Waals surface area contributed by atoms with Gasteiger partial charge in [-0.1, -0.05) is 12.1 Å². The number of carbonyl (C=O) groups excluding carboxylic acids is 1. The molecule has 0 radical (unpaired) electrons. The molecular weight excluding hydrogens is 324 g/mol. The Morgan fingerprint density at radius 2 is 1.88 bits per heavy atom. The van der Waals surface area contributed by atoms with Crippen LogP contribution >= 0.6 is 0 Å². The van der Waals surface area contributed by atoms with Gasteiger partial charge in [0.2, 0.25) is 5.91 Å². The van der Waals surface area contributed by atoms with Crippen molar-refractivity contribution in [3.63, 3.8) is 0 Å². The van der Waals surface area contributed by atoms with Crippen LogP contribution < -0.4 is 0 Å². The second-order valence-corrected chi connectivity index (χ2v) is 7.34. The van der Waals surface area contributed by atoms with Gasteiger partial charge in [0.1, 0.15) is 12.4 Å². The summed E-state index contributed by atoms with van der Waals surface area (Å²) in [6, 6.07) is 12.4. The van der Waals surface area contributed by atoms with Crippen LogP contribution in [0.4, 0.5) is 0 Å². The minimum absolute atomic E-state index is 0.171. The van der Waals surface area contributed by atoms with Crippen LogP contribution in [-0.2, 0) is 11.3 Å². The smallest absolute Gasteiger partial charge is 0.243 e. The van der Waals surface area contributed by atoms with Gasteiger partial charge in [-0.2, -0.15) is 0 Å². The summed E-state index contributed by atoms with van der Waals surface area (Å²) in [5.74, 6) is 1.79. The van der Waals surface area contributed by atoms with Crippen molar-refractivity contribution in [3.8, 4) is 0 Å². The van der Waals surface area contributed by atoms with Crippen LogP contribution in [0, 0.1) is 0 Å². The summed E-state index contributed by atoms with van der Waals surface area (Å²) in [6.45, 7) is 1.21. The number of rotatable bonds is 4. The van der Waals surface area contributed by atoms with Gasteiger partial charge in [-0.15, -0.1) is 0 Å². The number of imidazole rings is 1. The number of carbonyl (C=O) groups is 1. The Morgan fingerprint density at radius 3 is 2.69 bits per heavy atom. The van der Waals surface area contributed by atoms with E-state index in [9.17, 15) is 4.79 Å². The molecule has 2 fully saturated rings. The summed E-state index contributed by atoms with van der Waals surface area (Å²) >= 11 is 0. The zero-order valence-electron chi connectivity index (χ0n) is 14.7. The summed E-state index contributed by atoms with van der Waals surface area (Å²) in [6.07, 6.45) is 8.06. The van der Waals surface area contributed by atoms with Gasteiger partial charge in [0.05, 0.1) is 17.1 Å². The fraction of sp³-hybridized carbons (Fsp3) is 0.381. The number of hydrogen-bond donors (Lipinski definition) is 0. The second-order valence-electron chi connectivity index (χ2n) is 7.34. The summed E-state index contributed by atoms with van der Waals surface area (Å²) in [5, 5.41) is 0. The van der Waals surface area contributed by atoms with Crippen molar-refractivity contribution in [2.24, 2.45) is 0 Å². The molecule has 1 saturated heterocycles. The third-order valence-corrected chi connectivity index (χ3v) is 5.58. The highest BCUT2D eigenvalue weighted by Gasteiger charge is 2.33. The first-order valence-corrected chi connectivity index (χ1v) is 9.46. The molecule has 5 rings (SSSR count). The largest absolute Gasteiger partial charge is 0.334 e. The van der Waals surface area contributed by atoms with Crippen molar-refractivity contribution in [1.29, 1.82) is 0 Å². The van der Waals surface area contributed by atoms with Gasteiger partial charge in [-0.3, -0.25) is 9.78 Å². The predicted molar refractivity (Wildman–Crippen MR) is 99.6 cm³/mol. The Morgan fingerprint density at radius 1 is 1.08 bits per heavy atom. The predicted octanol–water partition coefficient (Wildman–Crippen LogP) is 3.67. The zero-order valence-corrected chi connectivity index (χ0v) is 14.7. The minimum Gasteiger partial charge on any atom is -0.334 e. The maximum Gasteiger partial charge on any atom is 0.243 e. The highest BCUT2D eigenvalue weighted by molar-refractivity contribution is 5.81. The quantitative estimate of drug-likeness (QED) is 0.724. The molecule has 0 N–H and O–H groups in total. The molecule has 5 nitrogen and oxygen atoms in total. The van der Waals surface area contributed by atoms with Crippen LogP contribution in [0.15, 0.2) is 48.8 Å². The number of aromatic nitrogens is 3. The minimum atomic E-state index is 0.171. The van der Waals surface area contributed by atoms with Crippen molar-refractivity contribution in [2.45, 2.75) is 44.2 Å². The summed E-state index contributed by atoms with van der Waals surface area (Å²) in [5.41, 5.74) is 3.25. The molecule has 1 aliphatic heterocycles. The number of amides is 1. The number of benzene rings is 1. The molecule has 26 heavy (non-hydrogen) atoms. The van der Waals surface area contributed by atoms with Gasteiger partial charge in [0.15, 0.2) is 0 Å². The highest BCUT2D eigenvalue weighted by atomic mass is 16.2. The van der Waals surface area contributed by atoms with Crippen molar-refractivity contribution in [2.75, 3.05) is 6.54 Å². The van der Waals surface area contributed by atoms with Crippen LogP contribution in [0.5, 0.6) is 0 Å². The molecule has 1 saturated carbocycles. The van der Waals surface area contributed by atoms with Gasteiger partial charge in [-0.05, 0) is 55.5 Å². The molecule has 132 valence electrons. The normalized spacial score (nSPS) is 20.0. The van der Waals surface area contributed by atoms with Crippen molar-refractivity contribution < 1.29 is 4.79 Å². The van der Waals surface area contributed by atoms with Crippen LogP contribution in [0.25, 0.3) is 11.0 Å². The molecule has 3 aromatic rings. The molecule has 0 bridgehead atoms. The van der Waals surface area contributed by atoms with E-state index in [1.165, 1.54) is 18.4 Å². The summed E-state index contributed by atoms with van der Waals surface area (Å²) < 4.78 is 2.15. The van der Waals surface area contributed by atoms with Crippen LogP contribution in [0.3, 0.4) is 0 Å². The molecule has 1 aliphatic carbocycles. The first-order valence-electron chi connectivity index (χ1n) is 9.46. The molecule has 2 aliphatic rings. The highest BCUT2D eigenvalue weighted by Crippen LogP contribution is 2.41. The van der Waals surface area contributed by atoms with E-state index in [-0.39, 0.29) is 11.9 Å². The van der Waals surface area contributed by atoms with Gasteiger partial charge < -0.3 is 9.47 Å². The Bertz CT molecular complexity index is 945. The average Bonchev–Trinajstić information content (AvgIpc) is 3.29. The number of pyridine rings is 1. The Hall–Kier alpha value is -2.69. The number of fused-ring (bicyclic) bond motifs is 1. The average molecular weight is 346 g/mol. The van der Waals surface area contributed by atoms with E-state index in [0.717, 1.165) is 36.2 Å². The lowest BCUT2D eigenvalue weighted by molar-refractivity contribution is -0.132. The molecule has 0 spiro atoms. The lowest BCUT2D eigenvalue weighted by Gasteiger charge is -2.25. The number of likely N-dealkylation sites (tertiary alicyclic amines) is 1. The first kappa shape index (κ1) is 15.6. The van der Waals surface area contributed by atoms with Gasteiger partial charge in [-0.25, -0.2) is 4.98 Å². The van der Waals surface area contributed by atoms with E-state index in [0.29, 0.717) is 12.5 Å². The lowest BCUT2D eigenvalue weighted by atomic mass is 10.1. The Labute approximate surface area is 152 Å². The summed E-state index contributed by atoms with van der Waals surface area (Å²) in [7, 11) is 0.